The third-order valence-electron chi connectivity index (χ3n) is 4.14. The largest absolute Gasteiger partial charge is 0.350 e. The molecule has 3 aromatic rings. The summed E-state index contributed by atoms with van der Waals surface area (Å²) in [5.41, 5.74) is 2.05. The lowest BCUT2D eigenvalue weighted by Gasteiger charge is -2.10. The zero-order chi connectivity index (χ0) is 18.0. The predicted octanol–water partition coefficient (Wildman–Crippen LogP) is 3.45. The molecule has 2 heterocycles. The highest BCUT2D eigenvalue weighted by Gasteiger charge is 2.16. The summed E-state index contributed by atoms with van der Waals surface area (Å²) >= 11 is 7.42. The molecule has 25 heavy (non-hydrogen) atoms. The van der Waals surface area contributed by atoms with Crippen molar-refractivity contribution < 1.29 is 4.79 Å². The number of benzene rings is 1. The first kappa shape index (κ1) is 17.9. The van der Waals surface area contributed by atoms with Gasteiger partial charge in [0.05, 0.1) is 17.1 Å². The van der Waals surface area contributed by atoms with Gasteiger partial charge in [0, 0.05) is 23.0 Å². The monoisotopic (exact) mass is 376 g/mol. The number of nitrogens with zero attached hydrogens (tertiary/aromatic N) is 2. The summed E-state index contributed by atoms with van der Waals surface area (Å²) in [6, 6.07) is 9.90. The van der Waals surface area contributed by atoms with E-state index in [1.54, 1.807) is 0 Å². The number of aryl methyl sites for hydroxylation is 1. The van der Waals surface area contributed by atoms with Crippen molar-refractivity contribution in [1.82, 2.24) is 20.4 Å². The van der Waals surface area contributed by atoms with Crippen molar-refractivity contribution in [3.8, 4) is 0 Å². The molecule has 0 aliphatic heterocycles. The molecule has 1 aromatic carbocycles. The predicted molar refractivity (Wildman–Crippen MR) is 104 cm³/mol. The fourth-order valence-corrected chi connectivity index (χ4v) is 3.73. The zero-order valence-corrected chi connectivity index (χ0v) is 16.0. The molecule has 0 saturated heterocycles. The Labute approximate surface area is 156 Å². The first-order chi connectivity index (χ1) is 12.0. The fourth-order valence-electron chi connectivity index (χ4n) is 2.53. The van der Waals surface area contributed by atoms with Crippen LogP contribution in [-0.2, 0) is 6.54 Å². The molecule has 0 fully saturated rings. The lowest BCUT2D eigenvalue weighted by atomic mass is 10.2. The molecule has 0 radical (unpaired) electrons. The Hall–Kier alpha value is -1.89. The number of aromatic nitrogens is 2. The second-order valence-electron chi connectivity index (χ2n) is 6.10. The maximum Gasteiger partial charge on any atom is 0.261 e. The van der Waals surface area contributed by atoms with Gasteiger partial charge >= 0.3 is 0 Å². The average molecular weight is 377 g/mol. The summed E-state index contributed by atoms with van der Waals surface area (Å²) in [6.45, 7) is 5.25. The Morgan fingerprint density at radius 3 is 2.76 bits per heavy atom. The number of fused-ring (bicyclic) bond motifs is 1. The molecule has 2 aromatic heterocycles. The molecule has 2 N–H and O–H groups in total. The molecule has 5 nitrogen and oxygen atoms in total. The summed E-state index contributed by atoms with van der Waals surface area (Å²) in [6.07, 6.45) is 0. The van der Waals surface area contributed by atoms with Crippen LogP contribution in [0, 0.1) is 6.92 Å². The van der Waals surface area contributed by atoms with E-state index in [0.717, 1.165) is 26.5 Å². The van der Waals surface area contributed by atoms with Crippen molar-refractivity contribution >= 4 is 39.1 Å². The highest BCUT2D eigenvalue weighted by Crippen LogP contribution is 2.29. The number of halogens is 1. The van der Waals surface area contributed by atoms with Crippen molar-refractivity contribution in [1.29, 1.82) is 0 Å². The number of carbonyl (C=O) groups is 1. The topological polar surface area (TPSA) is 58.9 Å². The Morgan fingerprint density at radius 2 is 2.08 bits per heavy atom. The number of carbonyl (C=O) groups excluding carboxylic acids is 1. The van der Waals surface area contributed by atoms with E-state index < -0.39 is 0 Å². The molecule has 3 rings (SSSR count). The Balaban J connectivity index is 1.82. The van der Waals surface area contributed by atoms with Gasteiger partial charge in [0.15, 0.2) is 0 Å². The van der Waals surface area contributed by atoms with Crippen LogP contribution in [0.1, 0.15) is 27.9 Å². The normalized spacial score (nSPS) is 12.5. The first-order valence-electron chi connectivity index (χ1n) is 8.14. The van der Waals surface area contributed by atoms with Crippen molar-refractivity contribution in [2.75, 3.05) is 13.6 Å². The lowest BCUT2D eigenvalue weighted by Crippen LogP contribution is -2.36. The van der Waals surface area contributed by atoms with E-state index in [0.29, 0.717) is 18.0 Å². The quantitative estimate of drug-likeness (QED) is 0.692. The minimum atomic E-state index is -0.0410. The van der Waals surface area contributed by atoms with E-state index in [1.165, 1.54) is 11.3 Å². The molecule has 1 unspecified atom stereocenters. The van der Waals surface area contributed by atoms with Crippen LogP contribution in [0.5, 0.6) is 0 Å². The molecular formula is C18H21ClN4OS. The van der Waals surface area contributed by atoms with Crippen LogP contribution in [-0.4, -0.2) is 35.3 Å². The van der Waals surface area contributed by atoms with E-state index in [2.05, 4.69) is 15.7 Å². The molecule has 0 spiro atoms. The van der Waals surface area contributed by atoms with Crippen molar-refractivity contribution in [3.63, 3.8) is 0 Å². The summed E-state index contributed by atoms with van der Waals surface area (Å²) in [5, 5.41) is 12.4. The van der Waals surface area contributed by atoms with Crippen LogP contribution in [0.3, 0.4) is 0 Å². The van der Waals surface area contributed by atoms with Crippen LogP contribution in [0.2, 0.25) is 5.02 Å². The third-order valence-corrected chi connectivity index (χ3v) is 5.54. The van der Waals surface area contributed by atoms with Crippen molar-refractivity contribution in [3.05, 3.63) is 51.5 Å². The van der Waals surface area contributed by atoms with Crippen LogP contribution < -0.4 is 10.6 Å². The molecule has 0 aliphatic carbocycles. The smallest absolute Gasteiger partial charge is 0.261 e. The van der Waals surface area contributed by atoms with Gasteiger partial charge in [0.1, 0.15) is 4.83 Å². The van der Waals surface area contributed by atoms with Crippen molar-refractivity contribution in [2.45, 2.75) is 26.4 Å². The van der Waals surface area contributed by atoms with E-state index in [4.69, 9.17) is 11.6 Å². The van der Waals surface area contributed by atoms with Crippen LogP contribution in [0.25, 0.3) is 10.2 Å². The summed E-state index contributed by atoms with van der Waals surface area (Å²) < 4.78 is 1.95. The number of likely N-dealkylation sites (N-methyl/N-ethyl adjacent to an activating group) is 1. The summed E-state index contributed by atoms with van der Waals surface area (Å²) in [4.78, 5) is 14.1. The molecule has 0 aliphatic rings. The van der Waals surface area contributed by atoms with Gasteiger partial charge < -0.3 is 10.6 Å². The van der Waals surface area contributed by atoms with E-state index >= 15 is 0 Å². The fraction of sp³-hybridized carbons (Fsp3) is 0.333. The molecule has 1 amide bonds. The van der Waals surface area contributed by atoms with Crippen LogP contribution in [0.4, 0.5) is 0 Å². The molecule has 1 atom stereocenters. The minimum Gasteiger partial charge on any atom is -0.350 e. The van der Waals surface area contributed by atoms with E-state index in [1.807, 2.05) is 55.9 Å². The molecule has 132 valence electrons. The average Bonchev–Trinajstić information content (AvgIpc) is 3.16. The summed E-state index contributed by atoms with van der Waals surface area (Å²) in [5.74, 6) is -0.0410. The van der Waals surface area contributed by atoms with Gasteiger partial charge in [-0.05, 0) is 44.7 Å². The molecular weight excluding hydrogens is 356 g/mol. The van der Waals surface area contributed by atoms with Gasteiger partial charge in [0.25, 0.3) is 5.91 Å². The zero-order valence-electron chi connectivity index (χ0n) is 14.5. The highest BCUT2D eigenvalue weighted by atomic mass is 35.5. The first-order valence-corrected chi connectivity index (χ1v) is 9.34. The summed E-state index contributed by atoms with van der Waals surface area (Å²) in [7, 11) is 1.88. The Kier molecular flexibility index (Phi) is 5.42. The second-order valence-corrected chi connectivity index (χ2v) is 7.57. The van der Waals surface area contributed by atoms with Crippen molar-refractivity contribution in [2.24, 2.45) is 0 Å². The number of thiophene rings is 1. The lowest BCUT2D eigenvalue weighted by molar-refractivity contribution is 0.0954. The Morgan fingerprint density at radius 1 is 1.36 bits per heavy atom. The molecule has 0 saturated carbocycles. The van der Waals surface area contributed by atoms with Gasteiger partial charge in [-0.15, -0.1) is 11.3 Å². The van der Waals surface area contributed by atoms with Crippen LogP contribution >= 0.6 is 22.9 Å². The van der Waals surface area contributed by atoms with Gasteiger partial charge in [-0.1, -0.05) is 23.7 Å². The molecule has 7 heteroatoms. The van der Waals surface area contributed by atoms with Gasteiger partial charge in [-0.3, -0.25) is 9.48 Å². The van der Waals surface area contributed by atoms with E-state index in [9.17, 15) is 4.79 Å². The van der Waals surface area contributed by atoms with Gasteiger partial charge in [-0.25, -0.2) is 0 Å². The number of nitrogens with one attached hydrogen (secondary N) is 2. The maximum atomic E-state index is 12.4. The number of hydrogen-bond acceptors (Lipinski definition) is 4. The van der Waals surface area contributed by atoms with Gasteiger partial charge in [0.2, 0.25) is 0 Å². The highest BCUT2D eigenvalue weighted by molar-refractivity contribution is 7.20. The standard InChI is InChI=1S/C18H21ClN4OS/c1-11(20-3)9-21-17(24)16-8-15-12(2)22-23(18(15)25-16)10-13-4-6-14(19)7-5-13/h4-8,11,20H,9-10H2,1-3H3,(H,21,24). The number of hydrogen-bond donors (Lipinski definition) is 2. The van der Waals surface area contributed by atoms with Crippen LogP contribution in [0.15, 0.2) is 30.3 Å². The second kappa shape index (κ2) is 7.56. The maximum absolute atomic E-state index is 12.4. The number of rotatable bonds is 6. The molecule has 0 bridgehead atoms. The third kappa shape index (κ3) is 4.03. The Bertz CT molecular complexity index is 885. The van der Waals surface area contributed by atoms with Gasteiger partial charge in [-0.2, -0.15) is 5.10 Å². The minimum absolute atomic E-state index is 0.0410. The van der Waals surface area contributed by atoms with E-state index in [-0.39, 0.29) is 11.9 Å². The SMILES string of the molecule is CNC(C)CNC(=O)c1cc2c(C)nn(Cc3ccc(Cl)cc3)c2s1. The number of amides is 1.